The monoisotopic (exact) mass is 447 g/mol. The van der Waals surface area contributed by atoms with Crippen molar-refractivity contribution in [3.05, 3.63) is 46.9 Å². The highest BCUT2D eigenvalue weighted by Gasteiger charge is 2.57. The Morgan fingerprint density at radius 2 is 1.79 bits per heavy atom. The first-order valence-corrected chi connectivity index (χ1v) is 12.1. The molecule has 2 aromatic rings. The fourth-order valence-electron chi connectivity index (χ4n) is 7.48. The van der Waals surface area contributed by atoms with Gasteiger partial charge in [-0.2, -0.15) is 0 Å². The molecule has 3 aliphatic carbocycles. The van der Waals surface area contributed by atoms with Crippen LogP contribution in [0.3, 0.4) is 0 Å². The molecule has 0 radical (unpaired) electrons. The summed E-state index contributed by atoms with van der Waals surface area (Å²) in [5, 5.41) is 0. The van der Waals surface area contributed by atoms with E-state index in [1.165, 1.54) is 44.8 Å². The lowest BCUT2D eigenvalue weighted by molar-refractivity contribution is -0.144. The number of nitrogens with zero attached hydrogens (tertiary/aromatic N) is 2. The summed E-state index contributed by atoms with van der Waals surface area (Å²) in [5.74, 6) is 0.835. The van der Waals surface area contributed by atoms with Crippen molar-refractivity contribution >= 4 is 11.9 Å². The van der Waals surface area contributed by atoms with Crippen LogP contribution in [0.5, 0.6) is 0 Å². The quantitative estimate of drug-likeness (QED) is 0.673. The summed E-state index contributed by atoms with van der Waals surface area (Å²) < 4.78 is 5.09. The van der Waals surface area contributed by atoms with Crippen molar-refractivity contribution in [2.24, 2.45) is 23.0 Å². The number of nitrogens with two attached hydrogens (primary N) is 1. The number of aromatic nitrogens is 2. The van der Waals surface area contributed by atoms with Crippen molar-refractivity contribution in [3.8, 4) is 11.3 Å². The first-order valence-electron chi connectivity index (χ1n) is 12.1. The van der Waals surface area contributed by atoms with Crippen LogP contribution in [0.15, 0.2) is 24.3 Å². The Morgan fingerprint density at radius 1 is 1.06 bits per heavy atom. The molecule has 0 spiro atoms. The SMILES string of the molecule is COC(=O)CC12CCCC3CC(c4ccc(-c5nc(C(N)=O)c(C)nc5C)cc4)(CC3C1)C2. The summed E-state index contributed by atoms with van der Waals surface area (Å²) in [7, 11) is 1.50. The number of hydrogen-bond acceptors (Lipinski definition) is 5. The number of amides is 1. The Hall–Kier alpha value is -2.76. The molecular formula is C27H33N3O3. The molecule has 1 aromatic heterocycles. The average molecular weight is 448 g/mol. The first kappa shape index (κ1) is 22.1. The third-order valence-electron chi connectivity index (χ3n) is 8.66. The third-order valence-corrected chi connectivity index (χ3v) is 8.66. The third kappa shape index (κ3) is 3.73. The molecule has 2 N–H and O–H groups in total. The fraction of sp³-hybridized carbons (Fsp3) is 0.556. The van der Waals surface area contributed by atoms with Crippen LogP contribution < -0.4 is 5.73 Å². The second kappa shape index (κ2) is 7.93. The zero-order valence-electron chi connectivity index (χ0n) is 19.8. The van der Waals surface area contributed by atoms with Gasteiger partial charge in [0.2, 0.25) is 0 Å². The molecule has 4 unspecified atom stereocenters. The van der Waals surface area contributed by atoms with E-state index in [2.05, 4.69) is 34.2 Å². The van der Waals surface area contributed by atoms with E-state index in [0.717, 1.165) is 30.0 Å². The summed E-state index contributed by atoms with van der Waals surface area (Å²) in [6.07, 6.45) is 8.84. The zero-order valence-corrected chi connectivity index (χ0v) is 19.8. The molecular weight excluding hydrogens is 414 g/mol. The minimum absolute atomic E-state index is 0.0648. The van der Waals surface area contributed by atoms with Crippen molar-refractivity contribution in [1.82, 2.24) is 9.97 Å². The average Bonchev–Trinajstić information content (AvgIpc) is 2.97. The normalized spacial score (nSPS) is 30.2. The van der Waals surface area contributed by atoms with Gasteiger partial charge in [0.25, 0.3) is 5.91 Å². The van der Waals surface area contributed by atoms with Gasteiger partial charge in [0, 0.05) is 5.56 Å². The van der Waals surface area contributed by atoms with Gasteiger partial charge < -0.3 is 10.5 Å². The number of fused-ring (bicyclic) bond motifs is 2. The van der Waals surface area contributed by atoms with E-state index in [1.54, 1.807) is 6.92 Å². The largest absolute Gasteiger partial charge is 0.469 e. The van der Waals surface area contributed by atoms with Crippen molar-refractivity contribution in [2.45, 2.75) is 70.6 Å². The fourth-order valence-corrected chi connectivity index (χ4v) is 7.48. The lowest BCUT2D eigenvalue weighted by Gasteiger charge is -2.46. The molecule has 3 fully saturated rings. The minimum atomic E-state index is -0.557. The maximum absolute atomic E-state index is 12.3. The Bertz CT molecular complexity index is 1110. The van der Waals surface area contributed by atoms with Crippen molar-refractivity contribution in [1.29, 1.82) is 0 Å². The summed E-state index contributed by atoms with van der Waals surface area (Å²) in [6, 6.07) is 8.67. The van der Waals surface area contributed by atoms with Crippen LogP contribution >= 0.6 is 0 Å². The highest BCUT2D eigenvalue weighted by molar-refractivity contribution is 5.92. The number of carbonyl (C=O) groups excluding carboxylic acids is 2. The highest BCUT2D eigenvalue weighted by Crippen LogP contribution is 2.65. The Labute approximate surface area is 195 Å². The number of esters is 1. The second-order valence-electron chi connectivity index (χ2n) is 10.8. The van der Waals surface area contributed by atoms with E-state index >= 15 is 0 Å². The van der Waals surface area contributed by atoms with Gasteiger partial charge in [0.05, 0.1) is 30.6 Å². The van der Waals surface area contributed by atoms with Crippen LogP contribution in [0.25, 0.3) is 11.3 Å². The van der Waals surface area contributed by atoms with Crippen molar-refractivity contribution in [3.63, 3.8) is 0 Å². The van der Waals surface area contributed by atoms with Gasteiger partial charge in [0.15, 0.2) is 0 Å². The number of ether oxygens (including phenoxy) is 1. The molecule has 4 atom stereocenters. The van der Waals surface area contributed by atoms with Crippen LogP contribution in [0.1, 0.15) is 78.8 Å². The molecule has 1 heterocycles. The van der Waals surface area contributed by atoms with Crippen LogP contribution in [0, 0.1) is 31.1 Å². The van der Waals surface area contributed by atoms with E-state index in [1.807, 2.05) is 6.92 Å². The number of methoxy groups -OCH3 is 1. The van der Waals surface area contributed by atoms with Crippen LogP contribution in [0.4, 0.5) is 0 Å². The maximum atomic E-state index is 12.3. The van der Waals surface area contributed by atoms with E-state index in [9.17, 15) is 9.59 Å². The molecule has 1 aromatic carbocycles. The Kier molecular flexibility index (Phi) is 5.30. The number of primary amides is 1. The zero-order chi connectivity index (χ0) is 23.4. The highest BCUT2D eigenvalue weighted by atomic mass is 16.5. The molecule has 3 bridgehead atoms. The van der Waals surface area contributed by atoms with Gasteiger partial charge >= 0.3 is 5.97 Å². The summed E-state index contributed by atoms with van der Waals surface area (Å²) in [5.41, 5.74) is 10.3. The van der Waals surface area contributed by atoms with Gasteiger partial charge in [-0.3, -0.25) is 14.6 Å². The number of hydrogen-bond donors (Lipinski definition) is 1. The van der Waals surface area contributed by atoms with Crippen molar-refractivity contribution in [2.75, 3.05) is 7.11 Å². The molecule has 6 nitrogen and oxygen atoms in total. The molecule has 5 rings (SSSR count). The van der Waals surface area contributed by atoms with Gasteiger partial charge in [0.1, 0.15) is 5.69 Å². The smallest absolute Gasteiger partial charge is 0.306 e. The molecule has 0 aliphatic heterocycles. The standard InChI is InChI=1S/C27H33N3O3/c1-16-23(30-24(25(28)32)17(2)29-16)18-6-8-21(9-7-18)27-12-19-5-4-10-26(15-27,11-20(19)13-27)14-22(31)33-3/h6-9,19-20H,4-5,10-15H2,1-3H3,(H2,28,32). The molecule has 6 heteroatoms. The van der Waals surface area contributed by atoms with E-state index in [-0.39, 0.29) is 22.5 Å². The maximum Gasteiger partial charge on any atom is 0.306 e. The lowest BCUT2D eigenvalue weighted by atomic mass is 9.58. The molecule has 33 heavy (non-hydrogen) atoms. The van der Waals surface area contributed by atoms with Crippen molar-refractivity contribution < 1.29 is 14.3 Å². The predicted molar refractivity (Wildman–Crippen MR) is 126 cm³/mol. The van der Waals surface area contributed by atoms with E-state index < -0.39 is 5.91 Å². The van der Waals surface area contributed by atoms with Crippen LogP contribution in [0.2, 0.25) is 0 Å². The van der Waals surface area contributed by atoms with Crippen LogP contribution in [-0.2, 0) is 14.9 Å². The lowest BCUT2D eigenvalue weighted by Crippen LogP contribution is -2.39. The predicted octanol–water partition coefficient (Wildman–Crippen LogP) is 4.65. The Balaban J connectivity index is 1.49. The van der Waals surface area contributed by atoms with Gasteiger partial charge in [-0.15, -0.1) is 0 Å². The first-order chi connectivity index (χ1) is 15.7. The Morgan fingerprint density at radius 3 is 2.48 bits per heavy atom. The molecule has 174 valence electrons. The topological polar surface area (TPSA) is 95.2 Å². The summed E-state index contributed by atoms with van der Waals surface area (Å²) in [6.45, 7) is 3.67. The van der Waals surface area contributed by atoms with E-state index in [4.69, 9.17) is 10.5 Å². The van der Waals surface area contributed by atoms with Gasteiger partial charge in [-0.1, -0.05) is 37.1 Å². The number of aryl methyl sites for hydroxylation is 2. The number of carbonyl (C=O) groups is 2. The number of benzene rings is 1. The molecule has 0 saturated heterocycles. The van der Waals surface area contributed by atoms with Crippen LogP contribution in [-0.4, -0.2) is 29.0 Å². The molecule has 3 aliphatic rings. The van der Waals surface area contributed by atoms with Gasteiger partial charge in [-0.25, -0.2) is 4.98 Å². The molecule has 1 amide bonds. The summed E-state index contributed by atoms with van der Waals surface area (Å²) in [4.78, 5) is 33.1. The second-order valence-corrected chi connectivity index (χ2v) is 10.8. The number of rotatable bonds is 5. The molecule has 3 saturated carbocycles. The summed E-state index contributed by atoms with van der Waals surface area (Å²) >= 11 is 0. The van der Waals surface area contributed by atoms with E-state index in [0.29, 0.717) is 23.7 Å². The van der Waals surface area contributed by atoms with Gasteiger partial charge in [-0.05, 0) is 74.2 Å². The minimum Gasteiger partial charge on any atom is -0.469 e.